The van der Waals surface area contributed by atoms with Crippen molar-refractivity contribution >= 4 is 5.91 Å². The number of hydrogen-bond donors (Lipinski definition) is 2. The number of nitrogens with one attached hydrogen (secondary N) is 2. The van der Waals surface area contributed by atoms with Crippen molar-refractivity contribution in [1.82, 2.24) is 10.6 Å². The van der Waals surface area contributed by atoms with E-state index < -0.39 is 0 Å². The van der Waals surface area contributed by atoms with Gasteiger partial charge in [0.05, 0.1) is 26.3 Å². The summed E-state index contributed by atoms with van der Waals surface area (Å²) in [7, 11) is 3.37. The highest BCUT2D eigenvalue weighted by atomic mass is 16.5. The van der Waals surface area contributed by atoms with Crippen molar-refractivity contribution in [2.45, 2.75) is 33.2 Å². The SMILES string of the molecule is CNCC(=O)NC(C)c1ccc(OCCC(C)C)c(OC)c1. The molecule has 1 aromatic carbocycles. The van der Waals surface area contributed by atoms with Crippen molar-refractivity contribution in [1.29, 1.82) is 0 Å². The van der Waals surface area contributed by atoms with Crippen LogP contribution in [-0.4, -0.2) is 33.2 Å². The molecule has 0 bridgehead atoms. The molecule has 2 N–H and O–H groups in total. The fourth-order valence-electron chi connectivity index (χ4n) is 2.01. The molecule has 0 fully saturated rings. The van der Waals surface area contributed by atoms with Crippen LogP contribution in [0.15, 0.2) is 18.2 Å². The molecule has 1 atom stereocenters. The van der Waals surface area contributed by atoms with Crippen LogP contribution < -0.4 is 20.1 Å². The number of benzene rings is 1. The largest absolute Gasteiger partial charge is 0.493 e. The van der Waals surface area contributed by atoms with Crippen molar-refractivity contribution < 1.29 is 14.3 Å². The van der Waals surface area contributed by atoms with E-state index in [1.807, 2.05) is 25.1 Å². The molecule has 1 rings (SSSR count). The van der Waals surface area contributed by atoms with Gasteiger partial charge in [-0.15, -0.1) is 0 Å². The van der Waals surface area contributed by atoms with Gasteiger partial charge in [0, 0.05) is 0 Å². The minimum absolute atomic E-state index is 0.0359. The Morgan fingerprint density at radius 2 is 1.95 bits per heavy atom. The van der Waals surface area contributed by atoms with Crippen LogP contribution in [0.2, 0.25) is 0 Å². The number of amides is 1. The van der Waals surface area contributed by atoms with Gasteiger partial charge in [0.1, 0.15) is 0 Å². The van der Waals surface area contributed by atoms with Crippen molar-refractivity contribution in [2.75, 3.05) is 27.3 Å². The number of ether oxygens (including phenoxy) is 2. The molecule has 0 radical (unpaired) electrons. The molecule has 1 unspecified atom stereocenters. The Bertz CT molecular complexity index is 475. The predicted molar refractivity (Wildman–Crippen MR) is 88.4 cm³/mol. The molecule has 0 aromatic heterocycles. The van der Waals surface area contributed by atoms with Crippen LogP contribution in [0, 0.1) is 5.92 Å². The molecule has 0 aliphatic heterocycles. The Labute approximate surface area is 133 Å². The monoisotopic (exact) mass is 308 g/mol. The standard InChI is InChI=1S/C17H28N2O3/c1-12(2)8-9-22-15-7-6-14(10-16(15)21-5)13(3)19-17(20)11-18-4/h6-7,10,12-13,18H,8-9,11H2,1-5H3,(H,19,20). The molecule has 0 aliphatic rings. The van der Waals surface area contributed by atoms with Gasteiger partial charge in [-0.1, -0.05) is 19.9 Å². The molecular formula is C17H28N2O3. The molecule has 5 heteroatoms. The number of methoxy groups -OCH3 is 1. The minimum atomic E-state index is -0.0838. The second kappa shape index (κ2) is 9.30. The van der Waals surface area contributed by atoms with E-state index in [0.29, 0.717) is 24.8 Å². The van der Waals surface area contributed by atoms with Gasteiger partial charge in [-0.3, -0.25) is 4.79 Å². The van der Waals surface area contributed by atoms with E-state index in [1.54, 1.807) is 14.2 Å². The first-order chi connectivity index (χ1) is 10.5. The molecular weight excluding hydrogens is 280 g/mol. The Morgan fingerprint density at radius 3 is 2.55 bits per heavy atom. The summed E-state index contributed by atoms with van der Waals surface area (Å²) in [5.74, 6) is 2.00. The highest BCUT2D eigenvalue weighted by molar-refractivity contribution is 5.78. The third-order valence-corrected chi connectivity index (χ3v) is 3.36. The average molecular weight is 308 g/mol. The molecule has 0 aliphatic carbocycles. The number of rotatable bonds is 9. The Kier molecular flexibility index (Phi) is 7.74. The van der Waals surface area contributed by atoms with E-state index in [0.717, 1.165) is 17.7 Å². The zero-order chi connectivity index (χ0) is 16.5. The van der Waals surface area contributed by atoms with Gasteiger partial charge in [0.2, 0.25) is 5.91 Å². The Balaban J connectivity index is 2.72. The van der Waals surface area contributed by atoms with E-state index in [4.69, 9.17) is 9.47 Å². The lowest BCUT2D eigenvalue weighted by molar-refractivity contribution is -0.120. The first kappa shape index (κ1) is 18.3. The van der Waals surface area contributed by atoms with Crippen LogP contribution in [0.4, 0.5) is 0 Å². The normalized spacial score (nSPS) is 12.1. The summed E-state index contributed by atoms with van der Waals surface area (Å²) in [5, 5.41) is 5.76. The van der Waals surface area contributed by atoms with Gasteiger partial charge >= 0.3 is 0 Å². The first-order valence-corrected chi connectivity index (χ1v) is 7.72. The third kappa shape index (κ3) is 5.93. The van der Waals surface area contributed by atoms with E-state index in [1.165, 1.54) is 0 Å². The maximum atomic E-state index is 11.6. The fraction of sp³-hybridized carbons (Fsp3) is 0.588. The summed E-state index contributed by atoms with van der Waals surface area (Å²) in [4.78, 5) is 11.6. The maximum absolute atomic E-state index is 11.6. The molecule has 0 saturated heterocycles. The summed E-state index contributed by atoms with van der Waals surface area (Å²) in [5.41, 5.74) is 0.984. The summed E-state index contributed by atoms with van der Waals surface area (Å²) >= 11 is 0. The summed E-state index contributed by atoms with van der Waals surface area (Å²) in [6.45, 7) is 7.25. The van der Waals surface area contributed by atoms with Crippen LogP contribution in [0.25, 0.3) is 0 Å². The molecule has 0 spiro atoms. The van der Waals surface area contributed by atoms with Gasteiger partial charge in [-0.2, -0.15) is 0 Å². The minimum Gasteiger partial charge on any atom is -0.493 e. The highest BCUT2D eigenvalue weighted by Gasteiger charge is 2.12. The molecule has 1 aromatic rings. The fourth-order valence-corrected chi connectivity index (χ4v) is 2.01. The lowest BCUT2D eigenvalue weighted by Gasteiger charge is -2.17. The van der Waals surface area contributed by atoms with Crippen LogP contribution in [-0.2, 0) is 4.79 Å². The van der Waals surface area contributed by atoms with Crippen LogP contribution in [0.1, 0.15) is 38.8 Å². The van der Waals surface area contributed by atoms with Gasteiger partial charge in [0.25, 0.3) is 0 Å². The summed E-state index contributed by atoms with van der Waals surface area (Å²) < 4.78 is 11.2. The topological polar surface area (TPSA) is 59.6 Å². The molecule has 124 valence electrons. The van der Waals surface area contributed by atoms with Crippen molar-refractivity contribution in [2.24, 2.45) is 5.92 Å². The number of carbonyl (C=O) groups is 1. The second-order valence-corrected chi connectivity index (χ2v) is 5.76. The number of hydrogen-bond acceptors (Lipinski definition) is 4. The van der Waals surface area contributed by atoms with Gasteiger partial charge in [-0.05, 0) is 44.0 Å². The Hall–Kier alpha value is -1.75. The Morgan fingerprint density at radius 1 is 1.23 bits per heavy atom. The van der Waals surface area contributed by atoms with E-state index in [-0.39, 0.29) is 11.9 Å². The lowest BCUT2D eigenvalue weighted by atomic mass is 10.1. The van der Waals surface area contributed by atoms with Gasteiger partial charge in [-0.25, -0.2) is 0 Å². The smallest absolute Gasteiger partial charge is 0.234 e. The predicted octanol–water partition coefficient (Wildman–Crippen LogP) is 2.52. The molecule has 0 saturated carbocycles. The first-order valence-electron chi connectivity index (χ1n) is 7.72. The second-order valence-electron chi connectivity index (χ2n) is 5.76. The highest BCUT2D eigenvalue weighted by Crippen LogP contribution is 2.30. The lowest BCUT2D eigenvalue weighted by Crippen LogP contribution is -2.33. The van der Waals surface area contributed by atoms with E-state index >= 15 is 0 Å². The zero-order valence-corrected chi connectivity index (χ0v) is 14.2. The van der Waals surface area contributed by atoms with Crippen LogP contribution in [0.5, 0.6) is 11.5 Å². The summed E-state index contributed by atoms with van der Waals surface area (Å²) in [6.07, 6.45) is 1.00. The van der Waals surface area contributed by atoms with E-state index in [9.17, 15) is 4.79 Å². The van der Waals surface area contributed by atoms with E-state index in [2.05, 4.69) is 24.5 Å². The van der Waals surface area contributed by atoms with Gasteiger partial charge in [0.15, 0.2) is 11.5 Å². The quantitative estimate of drug-likeness (QED) is 0.736. The third-order valence-electron chi connectivity index (χ3n) is 3.36. The van der Waals surface area contributed by atoms with Crippen molar-refractivity contribution in [3.05, 3.63) is 23.8 Å². The van der Waals surface area contributed by atoms with Crippen LogP contribution in [0.3, 0.4) is 0 Å². The molecule has 1 amide bonds. The van der Waals surface area contributed by atoms with Gasteiger partial charge < -0.3 is 20.1 Å². The zero-order valence-electron chi connectivity index (χ0n) is 14.2. The number of carbonyl (C=O) groups excluding carboxylic acids is 1. The average Bonchev–Trinajstić information content (AvgIpc) is 2.47. The maximum Gasteiger partial charge on any atom is 0.234 e. The molecule has 0 heterocycles. The molecule has 22 heavy (non-hydrogen) atoms. The van der Waals surface area contributed by atoms with Crippen molar-refractivity contribution in [3.63, 3.8) is 0 Å². The molecule has 5 nitrogen and oxygen atoms in total. The number of likely N-dealkylation sites (N-methyl/N-ethyl adjacent to an activating group) is 1. The summed E-state index contributed by atoms with van der Waals surface area (Å²) in [6, 6.07) is 5.68. The van der Waals surface area contributed by atoms with Crippen LogP contribution >= 0.6 is 0 Å². The van der Waals surface area contributed by atoms with Crippen molar-refractivity contribution in [3.8, 4) is 11.5 Å².